The summed E-state index contributed by atoms with van der Waals surface area (Å²) in [6.07, 6.45) is 18.1. The molecule has 2 unspecified atom stereocenters. The molecule has 0 heterocycles. The van der Waals surface area contributed by atoms with Crippen LogP contribution < -0.4 is 4.52 Å². The van der Waals surface area contributed by atoms with E-state index in [4.69, 9.17) is 4.52 Å². The van der Waals surface area contributed by atoms with Crippen LogP contribution in [0.4, 0.5) is 0 Å². The Morgan fingerprint density at radius 3 is 1.88 bits per heavy atom. The second kappa shape index (κ2) is 18.6. The normalized spacial score (nSPS) is 13.6. The molecule has 2 atom stereocenters. The molecule has 0 radical (unpaired) electrons. The van der Waals surface area contributed by atoms with Crippen LogP contribution in [0.25, 0.3) is 0 Å². The summed E-state index contributed by atoms with van der Waals surface area (Å²) in [5.41, 5.74) is 4.17. The fourth-order valence-corrected chi connectivity index (χ4v) is 5.48. The molecule has 0 aromatic heterocycles. The molecule has 34 heavy (non-hydrogen) atoms. The Labute approximate surface area is 213 Å². The minimum Gasteiger partial charge on any atom is -0.427 e. The Bertz CT molecular complexity index is 644. The molecule has 1 aromatic carbocycles. The third-order valence-electron chi connectivity index (χ3n) is 7.46. The summed E-state index contributed by atoms with van der Waals surface area (Å²) >= 11 is 0. The van der Waals surface area contributed by atoms with Gasteiger partial charge in [0.05, 0.1) is 0 Å². The van der Waals surface area contributed by atoms with Crippen molar-refractivity contribution in [3.63, 3.8) is 0 Å². The third-order valence-corrected chi connectivity index (χ3v) is 7.82. The molecule has 0 saturated carbocycles. The van der Waals surface area contributed by atoms with Crippen LogP contribution in [0, 0.1) is 17.8 Å². The lowest BCUT2D eigenvalue weighted by molar-refractivity contribution is 0.369. The van der Waals surface area contributed by atoms with Crippen molar-refractivity contribution in [1.29, 1.82) is 0 Å². The average Bonchev–Trinajstić information content (AvgIpc) is 2.80. The predicted octanol–water partition coefficient (Wildman–Crippen LogP) is 9.55. The van der Waals surface area contributed by atoms with Crippen molar-refractivity contribution >= 4 is 8.60 Å². The number of rotatable bonds is 20. The molecule has 198 valence electrons. The average molecular weight is 495 g/mol. The van der Waals surface area contributed by atoms with Crippen molar-refractivity contribution in [2.24, 2.45) is 17.8 Å². The van der Waals surface area contributed by atoms with Gasteiger partial charge in [-0.15, -0.1) is 0 Å². The number of unbranched alkanes of at least 4 members (excludes halogenated alkanes) is 4. The van der Waals surface area contributed by atoms with Gasteiger partial charge in [0.2, 0.25) is 0 Å². The van der Waals surface area contributed by atoms with Gasteiger partial charge >= 0.3 is 8.60 Å². The standard InChI is InChI=1S/C30H55O3P/c1-7-11-17-25(9-3)22-27-20-21-30(33-34(31)32)29(23-26(10-4)18-12-8-2)28(27)19-15-13-14-16-24(5)6/h20-21,24-26,31-32H,7-19,22-23H2,1-6H3. The van der Waals surface area contributed by atoms with E-state index in [9.17, 15) is 9.79 Å². The zero-order valence-electron chi connectivity index (χ0n) is 23.2. The third kappa shape index (κ3) is 12.4. The summed E-state index contributed by atoms with van der Waals surface area (Å²) in [6.45, 7) is 13.8. The smallest absolute Gasteiger partial charge is 0.391 e. The van der Waals surface area contributed by atoms with Gasteiger partial charge in [-0.25, -0.2) is 0 Å². The van der Waals surface area contributed by atoms with Gasteiger partial charge in [-0.1, -0.05) is 118 Å². The van der Waals surface area contributed by atoms with Gasteiger partial charge in [0.1, 0.15) is 5.75 Å². The van der Waals surface area contributed by atoms with Crippen molar-refractivity contribution in [2.45, 2.75) is 138 Å². The maximum atomic E-state index is 9.70. The highest BCUT2D eigenvalue weighted by atomic mass is 31.2. The van der Waals surface area contributed by atoms with Crippen molar-refractivity contribution in [3.8, 4) is 5.75 Å². The predicted molar refractivity (Wildman–Crippen MR) is 149 cm³/mol. The second-order valence-electron chi connectivity index (χ2n) is 10.8. The van der Waals surface area contributed by atoms with Gasteiger partial charge in [0.15, 0.2) is 0 Å². The van der Waals surface area contributed by atoms with Crippen molar-refractivity contribution in [2.75, 3.05) is 0 Å². The van der Waals surface area contributed by atoms with Gasteiger partial charge in [0.25, 0.3) is 0 Å². The molecule has 1 rings (SSSR count). The Morgan fingerprint density at radius 1 is 0.735 bits per heavy atom. The van der Waals surface area contributed by atoms with E-state index >= 15 is 0 Å². The van der Waals surface area contributed by atoms with E-state index in [1.165, 1.54) is 87.3 Å². The van der Waals surface area contributed by atoms with Gasteiger partial charge in [-0.05, 0) is 66.2 Å². The Balaban J connectivity index is 3.29. The van der Waals surface area contributed by atoms with Crippen molar-refractivity contribution < 1.29 is 14.3 Å². The van der Waals surface area contributed by atoms with Crippen LogP contribution in [0.15, 0.2) is 12.1 Å². The summed E-state index contributed by atoms with van der Waals surface area (Å²) < 4.78 is 5.62. The lowest BCUT2D eigenvalue weighted by Crippen LogP contribution is -2.12. The number of benzene rings is 1. The first-order valence-electron chi connectivity index (χ1n) is 14.3. The maximum absolute atomic E-state index is 9.70. The van der Waals surface area contributed by atoms with Crippen LogP contribution in [-0.2, 0) is 19.3 Å². The van der Waals surface area contributed by atoms with Crippen molar-refractivity contribution in [1.82, 2.24) is 0 Å². The number of hydrogen-bond acceptors (Lipinski definition) is 3. The van der Waals surface area contributed by atoms with Gasteiger partial charge in [-0.3, -0.25) is 0 Å². The molecule has 0 spiro atoms. The lowest BCUT2D eigenvalue weighted by Gasteiger charge is -2.24. The van der Waals surface area contributed by atoms with E-state index in [-0.39, 0.29) is 0 Å². The molecule has 0 saturated heterocycles. The Hall–Kier alpha value is -0.630. The summed E-state index contributed by atoms with van der Waals surface area (Å²) in [7, 11) is -2.41. The lowest BCUT2D eigenvalue weighted by atomic mass is 9.83. The molecular weight excluding hydrogens is 439 g/mol. The van der Waals surface area contributed by atoms with Crippen LogP contribution >= 0.6 is 8.60 Å². The van der Waals surface area contributed by atoms with E-state index in [0.29, 0.717) is 17.6 Å². The van der Waals surface area contributed by atoms with E-state index in [2.05, 4.69) is 47.6 Å². The fourth-order valence-electron chi connectivity index (χ4n) is 5.14. The Morgan fingerprint density at radius 2 is 1.35 bits per heavy atom. The quantitative estimate of drug-likeness (QED) is 0.140. The summed E-state index contributed by atoms with van der Waals surface area (Å²) in [6, 6.07) is 4.25. The second-order valence-corrected chi connectivity index (χ2v) is 11.4. The van der Waals surface area contributed by atoms with Crippen molar-refractivity contribution in [3.05, 3.63) is 28.8 Å². The summed E-state index contributed by atoms with van der Waals surface area (Å²) in [5, 5.41) is 0. The SMILES string of the molecule is CCCCC(CC)Cc1ccc(OP(O)O)c(CC(CC)CCCC)c1CCCCCC(C)C. The highest BCUT2D eigenvalue weighted by Gasteiger charge is 2.21. The molecule has 3 nitrogen and oxygen atoms in total. The zero-order valence-corrected chi connectivity index (χ0v) is 24.1. The van der Waals surface area contributed by atoms with Crippen LogP contribution in [0.3, 0.4) is 0 Å². The highest BCUT2D eigenvalue weighted by molar-refractivity contribution is 7.39. The first-order valence-corrected chi connectivity index (χ1v) is 15.5. The van der Waals surface area contributed by atoms with E-state index < -0.39 is 8.60 Å². The maximum Gasteiger partial charge on any atom is 0.391 e. The molecule has 0 amide bonds. The largest absolute Gasteiger partial charge is 0.427 e. The summed E-state index contributed by atoms with van der Waals surface area (Å²) in [5.74, 6) is 2.80. The molecule has 0 aliphatic rings. The molecule has 2 N–H and O–H groups in total. The first kappa shape index (κ1) is 31.4. The fraction of sp³-hybridized carbons (Fsp3) is 0.800. The van der Waals surface area contributed by atoms with Crippen LogP contribution in [-0.4, -0.2) is 9.79 Å². The molecule has 0 bridgehead atoms. The minimum atomic E-state index is -2.41. The van der Waals surface area contributed by atoms with Crippen LogP contribution in [0.1, 0.15) is 135 Å². The monoisotopic (exact) mass is 494 g/mol. The summed E-state index contributed by atoms with van der Waals surface area (Å²) in [4.78, 5) is 19.4. The van der Waals surface area contributed by atoms with Gasteiger partial charge < -0.3 is 14.3 Å². The molecule has 4 heteroatoms. The first-order chi connectivity index (χ1) is 16.4. The van der Waals surface area contributed by atoms with E-state index in [0.717, 1.165) is 31.6 Å². The molecule has 0 aliphatic heterocycles. The topological polar surface area (TPSA) is 49.7 Å². The Kier molecular flexibility index (Phi) is 17.2. The molecular formula is C30H55O3P. The van der Waals surface area contributed by atoms with E-state index in [1.807, 2.05) is 6.07 Å². The van der Waals surface area contributed by atoms with Gasteiger partial charge in [-0.2, -0.15) is 0 Å². The molecule has 0 fully saturated rings. The highest BCUT2D eigenvalue weighted by Crippen LogP contribution is 2.38. The van der Waals surface area contributed by atoms with Crippen LogP contribution in [0.5, 0.6) is 5.75 Å². The zero-order chi connectivity index (χ0) is 25.3. The van der Waals surface area contributed by atoms with E-state index in [1.54, 1.807) is 0 Å². The molecule has 1 aromatic rings. The number of hydrogen-bond donors (Lipinski definition) is 2. The van der Waals surface area contributed by atoms with Crippen LogP contribution in [0.2, 0.25) is 0 Å². The minimum absolute atomic E-state index is 0.614. The van der Waals surface area contributed by atoms with Gasteiger partial charge in [0, 0.05) is 0 Å². The molecule has 0 aliphatic carbocycles.